The summed E-state index contributed by atoms with van der Waals surface area (Å²) < 4.78 is 4.77. The van der Waals surface area contributed by atoms with Crippen LogP contribution in [0.3, 0.4) is 0 Å². The van der Waals surface area contributed by atoms with Gasteiger partial charge in [-0.2, -0.15) is 0 Å². The monoisotopic (exact) mass is 401 g/mol. The van der Waals surface area contributed by atoms with E-state index < -0.39 is 58.0 Å². The number of Topliss-reactive ketones (excluding diaryl/α,β-unsaturated/α-hetero) is 4. The molecule has 30 heavy (non-hydrogen) atoms. The van der Waals surface area contributed by atoms with Crippen LogP contribution in [0.5, 0.6) is 0 Å². The Balaban J connectivity index is 1.64. The van der Waals surface area contributed by atoms with Gasteiger partial charge in [-0.3, -0.25) is 34.1 Å². The molecule has 0 unspecified atom stereocenters. The third-order valence-corrected chi connectivity index (χ3v) is 6.63. The lowest BCUT2D eigenvalue weighted by Gasteiger charge is -2.28. The summed E-state index contributed by atoms with van der Waals surface area (Å²) in [7, 11) is 0. The van der Waals surface area contributed by atoms with Crippen LogP contribution in [0.2, 0.25) is 0 Å². The number of ketones is 4. The number of cyclic esters (lactones) is 2. The number of benzene rings is 2. The van der Waals surface area contributed by atoms with Crippen molar-refractivity contribution in [3.8, 4) is 0 Å². The average molecular weight is 401 g/mol. The smallest absolute Gasteiger partial charge is 0.320 e. The molecule has 2 aromatic rings. The van der Waals surface area contributed by atoms with E-state index in [2.05, 4.69) is 5.32 Å². The van der Waals surface area contributed by atoms with Gasteiger partial charge in [-0.15, -0.1) is 0 Å². The van der Waals surface area contributed by atoms with Crippen LogP contribution in [-0.2, 0) is 14.3 Å². The SMILES string of the molecule is O=C1OC(=O)[C@H]2[C@@H]1C1(NC23C(=O)c2ccccc2C3=O)C(=O)c2ccccc2C1=O. The van der Waals surface area contributed by atoms with Crippen molar-refractivity contribution < 1.29 is 33.5 Å². The number of rotatable bonds is 0. The van der Waals surface area contributed by atoms with E-state index in [1.54, 1.807) is 24.3 Å². The molecule has 2 fully saturated rings. The highest BCUT2D eigenvalue weighted by molar-refractivity contribution is 6.40. The van der Waals surface area contributed by atoms with Crippen molar-refractivity contribution in [3.63, 3.8) is 0 Å². The second-order valence-corrected chi connectivity index (χ2v) is 7.84. The van der Waals surface area contributed by atoms with Crippen LogP contribution >= 0.6 is 0 Å². The highest BCUT2D eigenvalue weighted by Gasteiger charge is 2.81. The van der Waals surface area contributed by atoms with Crippen molar-refractivity contribution in [1.29, 1.82) is 0 Å². The van der Waals surface area contributed by atoms with Crippen molar-refractivity contribution in [1.82, 2.24) is 5.32 Å². The van der Waals surface area contributed by atoms with E-state index in [9.17, 15) is 28.8 Å². The molecule has 0 radical (unpaired) electrons. The molecule has 8 heteroatoms. The first-order valence-electron chi connectivity index (χ1n) is 9.28. The van der Waals surface area contributed by atoms with Gasteiger partial charge in [0.1, 0.15) is 11.8 Å². The molecule has 2 atom stereocenters. The molecular weight excluding hydrogens is 390 g/mol. The fraction of sp³-hybridized carbons (Fsp3) is 0.182. The lowest BCUT2D eigenvalue weighted by atomic mass is 9.73. The standard InChI is InChI=1S/C22H11NO7/c24-15-9-5-1-2-6-10(9)16(25)21(15)13-14(20(29)30-19(13)28)22(23-21)17(26)11-7-3-4-8-12(11)18(22)27/h1-8,13-14,23H/t13-,14+. The fourth-order valence-corrected chi connectivity index (χ4v) is 5.42. The maximum atomic E-state index is 13.4. The quantitative estimate of drug-likeness (QED) is 0.501. The highest BCUT2D eigenvalue weighted by Crippen LogP contribution is 2.55. The topological polar surface area (TPSA) is 124 Å². The fourth-order valence-electron chi connectivity index (χ4n) is 5.42. The van der Waals surface area contributed by atoms with Gasteiger partial charge in [0.05, 0.1) is 0 Å². The van der Waals surface area contributed by atoms with Gasteiger partial charge < -0.3 is 4.74 Å². The minimum Gasteiger partial charge on any atom is -0.393 e. The Hall–Kier alpha value is -3.78. The lowest BCUT2D eigenvalue weighted by molar-refractivity contribution is -0.155. The highest BCUT2D eigenvalue weighted by atomic mass is 16.6. The Morgan fingerprint density at radius 3 is 1.17 bits per heavy atom. The number of ether oxygens (including phenoxy) is 1. The molecule has 4 aliphatic rings. The van der Waals surface area contributed by atoms with Crippen LogP contribution < -0.4 is 5.32 Å². The second kappa shape index (κ2) is 5.03. The number of hydrogen-bond donors (Lipinski definition) is 1. The summed E-state index contributed by atoms with van der Waals surface area (Å²) in [5, 5.41) is 2.68. The Morgan fingerprint density at radius 2 is 0.867 bits per heavy atom. The van der Waals surface area contributed by atoms with Crippen LogP contribution in [0, 0.1) is 11.8 Å². The number of hydrogen-bond acceptors (Lipinski definition) is 8. The van der Waals surface area contributed by atoms with Gasteiger partial charge >= 0.3 is 11.9 Å². The van der Waals surface area contributed by atoms with E-state index in [1.165, 1.54) is 24.3 Å². The number of esters is 2. The molecule has 0 aromatic heterocycles. The molecule has 2 saturated heterocycles. The first-order chi connectivity index (χ1) is 14.4. The Labute approximate surface area is 168 Å². The molecule has 0 saturated carbocycles. The molecule has 8 nitrogen and oxygen atoms in total. The maximum absolute atomic E-state index is 13.4. The van der Waals surface area contributed by atoms with Gasteiger partial charge in [-0.25, -0.2) is 0 Å². The Morgan fingerprint density at radius 1 is 0.567 bits per heavy atom. The van der Waals surface area contributed by atoms with E-state index in [1.807, 2.05) is 0 Å². The number of carbonyl (C=O) groups excluding carboxylic acids is 6. The molecule has 6 rings (SSSR count). The van der Waals surface area contributed by atoms with Crippen molar-refractivity contribution >= 4 is 35.1 Å². The van der Waals surface area contributed by atoms with Crippen molar-refractivity contribution in [2.24, 2.45) is 11.8 Å². The first-order valence-corrected chi connectivity index (χ1v) is 9.28. The first kappa shape index (κ1) is 17.1. The van der Waals surface area contributed by atoms with Gasteiger partial charge in [-0.05, 0) is 0 Å². The minimum atomic E-state index is -2.25. The number of carbonyl (C=O) groups is 6. The summed E-state index contributed by atoms with van der Waals surface area (Å²) in [5.41, 5.74) is -4.24. The molecule has 2 aromatic carbocycles. The summed E-state index contributed by atoms with van der Waals surface area (Å²) in [6.07, 6.45) is 0. The van der Waals surface area contributed by atoms with Crippen molar-refractivity contribution in [3.05, 3.63) is 70.8 Å². The van der Waals surface area contributed by atoms with E-state index in [-0.39, 0.29) is 22.3 Å². The third-order valence-electron chi connectivity index (χ3n) is 6.63. The van der Waals surface area contributed by atoms with E-state index in [0.717, 1.165) is 0 Å². The zero-order valence-electron chi connectivity index (χ0n) is 15.1. The van der Waals surface area contributed by atoms with Gasteiger partial charge in [0, 0.05) is 22.3 Å². The molecule has 2 aliphatic heterocycles. The maximum Gasteiger partial charge on any atom is 0.320 e. The Kier molecular flexibility index (Phi) is 2.87. The van der Waals surface area contributed by atoms with Gasteiger partial charge in [0.25, 0.3) is 0 Å². The largest absolute Gasteiger partial charge is 0.393 e. The predicted molar refractivity (Wildman–Crippen MR) is 96.9 cm³/mol. The van der Waals surface area contributed by atoms with Crippen LogP contribution in [0.1, 0.15) is 41.4 Å². The molecule has 2 aliphatic carbocycles. The molecule has 0 bridgehead atoms. The summed E-state index contributed by atoms with van der Waals surface area (Å²) >= 11 is 0. The summed E-state index contributed by atoms with van der Waals surface area (Å²) in [4.78, 5) is 79.1. The predicted octanol–water partition coefficient (Wildman–Crippen LogP) is 0.541. The van der Waals surface area contributed by atoms with Crippen LogP contribution in [0.25, 0.3) is 0 Å². The lowest BCUT2D eigenvalue weighted by Crippen LogP contribution is -2.64. The van der Waals surface area contributed by atoms with Gasteiger partial charge in [0.2, 0.25) is 0 Å². The number of fused-ring (bicyclic) bond motifs is 5. The molecule has 2 heterocycles. The number of nitrogens with one attached hydrogen (secondary N) is 1. The minimum absolute atomic E-state index is 0.0633. The third kappa shape index (κ3) is 1.54. The van der Waals surface area contributed by atoms with Gasteiger partial charge in [-0.1, -0.05) is 48.5 Å². The molecule has 1 N–H and O–H groups in total. The van der Waals surface area contributed by atoms with E-state index in [0.29, 0.717) is 0 Å². The van der Waals surface area contributed by atoms with E-state index in [4.69, 9.17) is 4.74 Å². The van der Waals surface area contributed by atoms with Gasteiger partial charge in [0.15, 0.2) is 34.2 Å². The zero-order valence-corrected chi connectivity index (χ0v) is 15.1. The van der Waals surface area contributed by atoms with Crippen molar-refractivity contribution in [2.45, 2.75) is 11.1 Å². The normalized spacial score (nSPS) is 27.1. The second-order valence-electron chi connectivity index (χ2n) is 7.84. The summed E-state index contributed by atoms with van der Waals surface area (Å²) in [5.74, 6) is -8.42. The van der Waals surface area contributed by atoms with Crippen LogP contribution in [0.4, 0.5) is 0 Å². The Bertz CT molecular complexity index is 1120. The zero-order chi connectivity index (χ0) is 21.0. The molecule has 146 valence electrons. The molecule has 2 spiro atoms. The molecule has 0 amide bonds. The summed E-state index contributed by atoms with van der Waals surface area (Å²) in [6, 6.07) is 12.0. The molecular formula is C22H11NO7. The van der Waals surface area contributed by atoms with E-state index >= 15 is 0 Å². The average Bonchev–Trinajstić information content (AvgIpc) is 3.38. The van der Waals surface area contributed by atoms with Crippen LogP contribution in [-0.4, -0.2) is 46.1 Å². The van der Waals surface area contributed by atoms with Crippen molar-refractivity contribution in [2.75, 3.05) is 0 Å². The van der Waals surface area contributed by atoms with Crippen LogP contribution in [0.15, 0.2) is 48.5 Å². The summed E-state index contributed by atoms with van der Waals surface area (Å²) in [6.45, 7) is 0.